The molecule has 1 aliphatic rings. The van der Waals surface area contributed by atoms with Gasteiger partial charge >= 0.3 is 0 Å². The number of carbonyl (C=O) groups excluding carboxylic acids is 1. The first-order valence-corrected chi connectivity index (χ1v) is 7.26. The lowest BCUT2D eigenvalue weighted by Gasteiger charge is -2.32. The third-order valence-electron chi connectivity index (χ3n) is 3.84. The molecular weight excluding hydrogens is 304 g/mol. The fraction of sp³-hybridized carbons (Fsp3) is 0.562. The third kappa shape index (κ3) is 4.35. The molecule has 1 heterocycles. The second-order valence-electron chi connectivity index (χ2n) is 5.51. The number of carbonyl (C=O) groups is 1. The Kier molecular flexibility index (Phi) is 7.13. The second-order valence-corrected chi connectivity index (χ2v) is 5.51. The van der Waals surface area contributed by atoms with Gasteiger partial charge in [0.2, 0.25) is 5.91 Å². The van der Waals surface area contributed by atoms with Crippen LogP contribution in [0, 0.1) is 6.92 Å². The quantitative estimate of drug-likeness (QED) is 0.915. The minimum atomic E-state index is -0.261. The molecule has 0 bridgehead atoms. The van der Waals surface area contributed by atoms with Gasteiger partial charge in [-0.2, -0.15) is 0 Å². The molecule has 0 saturated carbocycles. The zero-order chi connectivity index (χ0) is 15.4. The summed E-state index contributed by atoms with van der Waals surface area (Å²) in [5.74, 6) is 0.930. The SMILES string of the molecule is COc1ccc(CN(C)C(=O)[C@H]2NCCO[C@@H]2C)cc1C.Cl. The summed E-state index contributed by atoms with van der Waals surface area (Å²) in [4.78, 5) is 14.2. The lowest BCUT2D eigenvalue weighted by molar-refractivity contribution is -0.138. The number of nitrogens with zero attached hydrogens (tertiary/aromatic N) is 1. The van der Waals surface area contributed by atoms with Crippen LogP contribution in [-0.4, -0.2) is 50.3 Å². The number of likely N-dealkylation sites (N-methyl/N-ethyl adjacent to an activating group) is 1. The van der Waals surface area contributed by atoms with Crippen molar-refractivity contribution < 1.29 is 14.3 Å². The molecule has 1 aromatic rings. The number of amides is 1. The van der Waals surface area contributed by atoms with E-state index in [0.717, 1.165) is 23.4 Å². The van der Waals surface area contributed by atoms with Gasteiger partial charge < -0.3 is 19.7 Å². The molecule has 2 rings (SSSR count). The van der Waals surface area contributed by atoms with Gasteiger partial charge in [-0.15, -0.1) is 12.4 Å². The van der Waals surface area contributed by atoms with E-state index in [1.807, 2.05) is 33.0 Å². The minimum absolute atomic E-state index is 0. The maximum Gasteiger partial charge on any atom is 0.242 e. The molecule has 0 unspecified atom stereocenters. The highest BCUT2D eigenvalue weighted by Crippen LogP contribution is 2.19. The van der Waals surface area contributed by atoms with Crippen molar-refractivity contribution in [3.05, 3.63) is 29.3 Å². The molecule has 1 fully saturated rings. The Balaban J connectivity index is 0.00000242. The van der Waals surface area contributed by atoms with Gasteiger partial charge in [0.15, 0.2) is 0 Å². The lowest BCUT2D eigenvalue weighted by Crippen LogP contribution is -2.55. The highest BCUT2D eigenvalue weighted by molar-refractivity contribution is 5.85. The first-order valence-electron chi connectivity index (χ1n) is 7.26. The van der Waals surface area contributed by atoms with Crippen LogP contribution in [0.15, 0.2) is 18.2 Å². The standard InChI is InChI=1S/C16H24N2O3.ClH/c1-11-9-13(5-6-14(11)20-4)10-18(3)16(19)15-12(2)21-8-7-17-15;/h5-6,9,12,15,17H,7-8,10H2,1-4H3;1H/t12-,15+;/m1./s1. The van der Waals surface area contributed by atoms with Crippen LogP contribution in [0.25, 0.3) is 0 Å². The molecule has 0 spiro atoms. The van der Waals surface area contributed by atoms with E-state index in [1.165, 1.54) is 0 Å². The summed E-state index contributed by atoms with van der Waals surface area (Å²) in [6, 6.07) is 5.72. The highest BCUT2D eigenvalue weighted by atomic mass is 35.5. The fourth-order valence-electron chi connectivity index (χ4n) is 2.64. The van der Waals surface area contributed by atoms with Crippen molar-refractivity contribution in [3.63, 3.8) is 0 Å². The molecule has 0 aliphatic carbocycles. The largest absolute Gasteiger partial charge is 0.496 e. The number of morpholine rings is 1. The van der Waals surface area contributed by atoms with Gasteiger partial charge in [0.1, 0.15) is 11.8 Å². The van der Waals surface area contributed by atoms with Crippen LogP contribution in [0.5, 0.6) is 5.75 Å². The fourth-order valence-corrected chi connectivity index (χ4v) is 2.64. The Morgan fingerprint density at radius 2 is 2.23 bits per heavy atom. The first-order chi connectivity index (χ1) is 10.0. The lowest BCUT2D eigenvalue weighted by atomic mass is 10.1. The van der Waals surface area contributed by atoms with E-state index in [-0.39, 0.29) is 30.5 Å². The van der Waals surface area contributed by atoms with Crippen LogP contribution < -0.4 is 10.1 Å². The summed E-state index contributed by atoms with van der Waals surface area (Å²) >= 11 is 0. The summed E-state index contributed by atoms with van der Waals surface area (Å²) in [5.41, 5.74) is 2.16. The molecule has 1 aliphatic heterocycles. The van der Waals surface area contributed by atoms with Crippen molar-refractivity contribution >= 4 is 18.3 Å². The molecule has 1 aromatic carbocycles. The van der Waals surface area contributed by atoms with E-state index in [9.17, 15) is 4.79 Å². The molecule has 6 heteroatoms. The molecular formula is C16H25ClN2O3. The van der Waals surface area contributed by atoms with Crippen LogP contribution in [0.4, 0.5) is 0 Å². The van der Waals surface area contributed by atoms with Gasteiger partial charge in [0.05, 0.1) is 19.8 Å². The number of aryl methyl sites for hydroxylation is 1. The van der Waals surface area contributed by atoms with Crippen LogP contribution in [0.1, 0.15) is 18.1 Å². The predicted octanol–water partition coefficient (Wildman–Crippen LogP) is 1.76. The van der Waals surface area contributed by atoms with Crippen molar-refractivity contribution in [3.8, 4) is 5.75 Å². The number of halogens is 1. The van der Waals surface area contributed by atoms with Gasteiger partial charge in [-0.1, -0.05) is 12.1 Å². The van der Waals surface area contributed by atoms with E-state index in [4.69, 9.17) is 9.47 Å². The molecule has 1 N–H and O–H groups in total. The summed E-state index contributed by atoms with van der Waals surface area (Å²) in [6.45, 7) is 5.89. The van der Waals surface area contributed by atoms with Crippen molar-refractivity contribution in [1.82, 2.24) is 10.2 Å². The summed E-state index contributed by atoms with van der Waals surface area (Å²) < 4.78 is 10.8. The second kappa shape index (κ2) is 8.36. The minimum Gasteiger partial charge on any atom is -0.496 e. The van der Waals surface area contributed by atoms with Crippen molar-refractivity contribution in [2.75, 3.05) is 27.3 Å². The van der Waals surface area contributed by atoms with Crippen LogP contribution in [0.2, 0.25) is 0 Å². The Morgan fingerprint density at radius 3 is 2.82 bits per heavy atom. The molecule has 2 atom stereocenters. The molecule has 124 valence electrons. The summed E-state index contributed by atoms with van der Waals surface area (Å²) in [6.07, 6.45) is -0.0914. The molecule has 5 nitrogen and oxygen atoms in total. The molecule has 1 saturated heterocycles. The molecule has 1 amide bonds. The van der Waals surface area contributed by atoms with Gasteiger partial charge in [-0.05, 0) is 31.0 Å². The summed E-state index contributed by atoms with van der Waals surface area (Å²) in [7, 11) is 3.48. The third-order valence-corrected chi connectivity index (χ3v) is 3.84. The first kappa shape index (κ1) is 18.7. The van der Waals surface area contributed by atoms with Gasteiger partial charge in [-0.3, -0.25) is 4.79 Å². The van der Waals surface area contributed by atoms with E-state index < -0.39 is 0 Å². The number of ether oxygens (including phenoxy) is 2. The molecule has 22 heavy (non-hydrogen) atoms. The smallest absolute Gasteiger partial charge is 0.242 e. The van der Waals surface area contributed by atoms with Gasteiger partial charge in [0.25, 0.3) is 0 Å². The normalized spacial score (nSPS) is 20.9. The van der Waals surface area contributed by atoms with E-state index in [2.05, 4.69) is 11.4 Å². The molecule has 0 aromatic heterocycles. The number of nitrogens with one attached hydrogen (secondary N) is 1. The van der Waals surface area contributed by atoms with Crippen LogP contribution in [0.3, 0.4) is 0 Å². The Labute approximate surface area is 138 Å². The number of rotatable bonds is 4. The Bertz CT molecular complexity index is 510. The average Bonchev–Trinajstić information content (AvgIpc) is 2.47. The van der Waals surface area contributed by atoms with Crippen LogP contribution in [-0.2, 0) is 16.1 Å². The Morgan fingerprint density at radius 1 is 1.50 bits per heavy atom. The number of benzene rings is 1. The summed E-state index contributed by atoms with van der Waals surface area (Å²) in [5, 5.41) is 3.23. The van der Waals surface area contributed by atoms with E-state index in [0.29, 0.717) is 13.2 Å². The zero-order valence-electron chi connectivity index (χ0n) is 13.6. The maximum atomic E-state index is 12.5. The van der Waals surface area contributed by atoms with E-state index >= 15 is 0 Å². The van der Waals surface area contributed by atoms with Gasteiger partial charge in [-0.25, -0.2) is 0 Å². The molecule has 0 radical (unpaired) electrons. The number of hydrogen-bond acceptors (Lipinski definition) is 4. The monoisotopic (exact) mass is 328 g/mol. The van der Waals surface area contributed by atoms with E-state index in [1.54, 1.807) is 12.0 Å². The highest BCUT2D eigenvalue weighted by Gasteiger charge is 2.30. The average molecular weight is 329 g/mol. The topological polar surface area (TPSA) is 50.8 Å². The zero-order valence-corrected chi connectivity index (χ0v) is 14.4. The predicted molar refractivity (Wildman–Crippen MR) is 88.7 cm³/mol. The van der Waals surface area contributed by atoms with Crippen molar-refractivity contribution in [2.24, 2.45) is 0 Å². The number of hydrogen-bond donors (Lipinski definition) is 1. The van der Waals surface area contributed by atoms with Crippen molar-refractivity contribution in [1.29, 1.82) is 0 Å². The van der Waals surface area contributed by atoms with Crippen LogP contribution >= 0.6 is 12.4 Å². The van der Waals surface area contributed by atoms with Crippen molar-refractivity contribution in [2.45, 2.75) is 32.5 Å². The number of methoxy groups -OCH3 is 1. The maximum absolute atomic E-state index is 12.5. The van der Waals surface area contributed by atoms with Gasteiger partial charge in [0, 0.05) is 20.1 Å². The Hall–Kier alpha value is -1.30.